The Labute approximate surface area is 96.7 Å². The highest BCUT2D eigenvalue weighted by molar-refractivity contribution is 8.45. The minimum Gasteiger partial charge on any atom is -0.398 e. The van der Waals surface area contributed by atoms with Crippen LogP contribution in [0.25, 0.3) is 0 Å². The second-order valence-corrected chi connectivity index (χ2v) is 8.25. The molecule has 1 aromatic rings. The summed E-state index contributed by atoms with van der Waals surface area (Å²) in [6, 6.07) is 8.98. The van der Waals surface area contributed by atoms with Crippen LogP contribution < -0.4 is 4.18 Å². The molecule has 1 unspecified atom stereocenters. The van der Waals surface area contributed by atoms with E-state index in [1.165, 1.54) is 0 Å². The molecule has 0 spiro atoms. The van der Waals surface area contributed by atoms with Gasteiger partial charge in [0, 0.05) is 0 Å². The molecule has 0 saturated carbocycles. The number of hydrogen-bond donors (Lipinski definition) is 0. The van der Waals surface area contributed by atoms with Gasteiger partial charge in [-0.3, -0.25) is 0 Å². The number of alkyl halides is 2. The van der Waals surface area contributed by atoms with Crippen LogP contribution in [0.15, 0.2) is 30.3 Å². The Morgan fingerprint density at radius 2 is 1.79 bits per heavy atom. The van der Waals surface area contributed by atoms with E-state index in [9.17, 15) is 4.21 Å². The summed E-state index contributed by atoms with van der Waals surface area (Å²) in [6.45, 7) is 0. The van der Waals surface area contributed by atoms with Crippen LogP contribution in [0.5, 0.6) is 5.75 Å². The highest BCUT2D eigenvalue weighted by Crippen LogP contribution is 2.42. The van der Waals surface area contributed by atoms with E-state index in [-0.39, 0.29) is 11.2 Å². The summed E-state index contributed by atoms with van der Waals surface area (Å²) >= 11 is 11.2. The maximum atomic E-state index is 11.5. The molecule has 1 rings (SSSR count). The second kappa shape index (κ2) is 6.62. The molecule has 1 atom stereocenters. The van der Waals surface area contributed by atoms with Gasteiger partial charge in [-0.15, -0.1) is 23.2 Å². The molecule has 0 aliphatic heterocycles. The molecule has 6 heteroatoms. The third kappa shape index (κ3) is 3.74. The summed E-state index contributed by atoms with van der Waals surface area (Å²) < 4.78 is 16.7. The van der Waals surface area contributed by atoms with Crippen molar-refractivity contribution in [3.05, 3.63) is 30.3 Å². The first kappa shape index (κ1) is 12.3. The van der Waals surface area contributed by atoms with Gasteiger partial charge in [-0.2, -0.15) is 0 Å². The van der Waals surface area contributed by atoms with E-state index in [1.807, 2.05) is 18.2 Å². The van der Waals surface area contributed by atoms with Gasteiger partial charge in [0.15, 0.2) is 0 Å². The second-order valence-electron chi connectivity index (χ2n) is 2.33. The topological polar surface area (TPSA) is 26.3 Å². The number of hydrogen-bond acceptors (Lipinski definition) is 2. The summed E-state index contributed by atoms with van der Waals surface area (Å²) in [7, 11) is -2.37. The molecule has 14 heavy (non-hydrogen) atoms. The summed E-state index contributed by atoms with van der Waals surface area (Å²) in [6.07, 6.45) is 0. The van der Waals surface area contributed by atoms with Crippen molar-refractivity contribution in [2.75, 3.05) is 11.2 Å². The minimum absolute atomic E-state index is 0.290. The Kier molecular flexibility index (Phi) is 5.80. The van der Waals surface area contributed by atoms with E-state index in [2.05, 4.69) is 0 Å². The first-order valence-corrected chi connectivity index (χ1v) is 8.26. The molecule has 0 aliphatic rings. The third-order valence-corrected chi connectivity index (χ3v) is 7.52. The molecule has 2 nitrogen and oxygen atoms in total. The molecular formula is C8H9Cl2O2PS. The number of halogens is 2. The molecule has 0 aromatic heterocycles. The Balaban J connectivity index is 2.57. The normalized spacial score (nSPS) is 12.8. The lowest BCUT2D eigenvalue weighted by atomic mass is 10.3. The molecule has 0 saturated heterocycles. The molecule has 0 bridgehead atoms. The van der Waals surface area contributed by atoms with Gasteiger partial charge in [-0.25, -0.2) is 4.21 Å². The fourth-order valence-corrected chi connectivity index (χ4v) is 4.58. The Morgan fingerprint density at radius 1 is 1.21 bits per heavy atom. The van der Waals surface area contributed by atoms with Gasteiger partial charge < -0.3 is 4.18 Å². The van der Waals surface area contributed by atoms with Gasteiger partial charge in [0.2, 0.25) is 10.7 Å². The molecule has 1 aromatic carbocycles. The summed E-state index contributed by atoms with van der Waals surface area (Å²) in [5.41, 5.74) is 0.580. The minimum atomic E-state index is -1.41. The summed E-state index contributed by atoms with van der Waals surface area (Å²) in [5.74, 6) is 0.577. The van der Waals surface area contributed by atoms with E-state index in [0.29, 0.717) is 5.75 Å². The predicted molar refractivity (Wildman–Crippen MR) is 63.6 cm³/mol. The largest absolute Gasteiger partial charge is 0.398 e. The van der Waals surface area contributed by atoms with Crippen LogP contribution in [-0.4, -0.2) is 15.5 Å². The molecule has 78 valence electrons. The number of para-hydroxylation sites is 1. The van der Waals surface area contributed by atoms with Crippen LogP contribution in [0.2, 0.25) is 0 Å². The Bertz CT molecular complexity index is 293. The maximum Gasteiger partial charge on any atom is 0.229 e. The van der Waals surface area contributed by atoms with Crippen molar-refractivity contribution in [1.82, 2.24) is 0 Å². The van der Waals surface area contributed by atoms with Crippen molar-refractivity contribution in [3.63, 3.8) is 0 Å². The molecule has 0 aliphatic carbocycles. The molecule has 0 fully saturated rings. The first-order chi connectivity index (χ1) is 6.77. The quantitative estimate of drug-likeness (QED) is 0.605. The predicted octanol–water partition coefficient (Wildman–Crippen LogP) is 3.52. The van der Waals surface area contributed by atoms with E-state index in [4.69, 9.17) is 27.4 Å². The van der Waals surface area contributed by atoms with Crippen LogP contribution in [0.4, 0.5) is 0 Å². The Morgan fingerprint density at radius 3 is 2.29 bits per heavy atom. The van der Waals surface area contributed by atoms with Gasteiger partial charge in [0.1, 0.15) is 5.75 Å². The Hall–Kier alpha value is 0.180. The van der Waals surface area contributed by atoms with Crippen LogP contribution in [0, 0.1) is 0 Å². The standard InChI is InChI=1S/C8H9Cl2O2PS/c9-6-13(7-10)14(11)12-8-4-2-1-3-5-8/h1-5H,6-7H2. The molecule has 0 radical (unpaired) electrons. The smallest absolute Gasteiger partial charge is 0.229 e. The fraction of sp³-hybridized carbons (Fsp3) is 0.250. The number of benzene rings is 1. The van der Waals surface area contributed by atoms with Gasteiger partial charge in [0.05, 0.1) is 18.4 Å². The van der Waals surface area contributed by atoms with Gasteiger partial charge in [-0.05, 0) is 12.1 Å². The van der Waals surface area contributed by atoms with Gasteiger partial charge in [0.25, 0.3) is 0 Å². The average molecular weight is 271 g/mol. The SMILES string of the molecule is O=S(Oc1ccccc1)P(CCl)CCl. The first-order valence-electron chi connectivity index (χ1n) is 3.80. The monoisotopic (exact) mass is 270 g/mol. The molecular weight excluding hydrogens is 262 g/mol. The van der Waals surface area contributed by atoms with E-state index >= 15 is 0 Å². The lowest BCUT2D eigenvalue weighted by molar-refractivity contribution is 0.576. The summed E-state index contributed by atoms with van der Waals surface area (Å²) in [4.78, 5) is 0. The van der Waals surface area contributed by atoms with E-state index in [1.54, 1.807) is 12.1 Å². The molecule has 0 N–H and O–H groups in total. The average Bonchev–Trinajstić information content (AvgIpc) is 2.21. The maximum absolute atomic E-state index is 11.5. The van der Waals surface area contributed by atoms with Crippen LogP contribution in [0.3, 0.4) is 0 Å². The van der Waals surface area contributed by atoms with Gasteiger partial charge >= 0.3 is 0 Å². The highest BCUT2D eigenvalue weighted by Gasteiger charge is 2.16. The van der Waals surface area contributed by atoms with Crippen molar-refractivity contribution in [1.29, 1.82) is 0 Å². The zero-order chi connectivity index (χ0) is 10.4. The molecule has 0 amide bonds. The van der Waals surface area contributed by atoms with Crippen molar-refractivity contribution >= 4 is 41.0 Å². The third-order valence-electron chi connectivity index (χ3n) is 1.39. The fourth-order valence-electron chi connectivity index (χ4n) is 0.723. The van der Waals surface area contributed by atoms with Crippen LogP contribution >= 0.6 is 30.3 Å². The van der Waals surface area contributed by atoms with E-state index < -0.39 is 17.8 Å². The lowest BCUT2D eigenvalue weighted by Gasteiger charge is -2.10. The molecule has 0 heterocycles. The highest BCUT2D eigenvalue weighted by atomic mass is 35.5. The zero-order valence-electron chi connectivity index (χ0n) is 7.23. The van der Waals surface area contributed by atoms with Crippen molar-refractivity contribution < 1.29 is 8.39 Å². The van der Waals surface area contributed by atoms with Crippen molar-refractivity contribution in [2.24, 2.45) is 0 Å². The summed E-state index contributed by atoms with van der Waals surface area (Å²) in [5, 5.41) is 0. The zero-order valence-corrected chi connectivity index (χ0v) is 10.5. The number of rotatable bonds is 5. The lowest BCUT2D eigenvalue weighted by Crippen LogP contribution is -1.99. The van der Waals surface area contributed by atoms with Gasteiger partial charge in [-0.1, -0.05) is 18.2 Å². The van der Waals surface area contributed by atoms with Crippen molar-refractivity contribution in [3.8, 4) is 5.75 Å². The van der Waals surface area contributed by atoms with Crippen molar-refractivity contribution in [2.45, 2.75) is 0 Å². The van der Waals surface area contributed by atoms with E-state index in [0.717, 1.165) is 0 Å². The van der Waals surface area contributed by atoms with Crippen LogP contribution in [0.1, 0.15) is 0 Å². The van der Waals surface area contributed by atoms with Crippen LogP contribution in [-0.2, 0) is 10.7 Å².